The summed E-state index contributed by atoms with van der Waals surface area (Å²) in [6, 6.07) is 11.7. The van der Waals surface area contributed by atoms with E-state index in [1.165, 1.54) is 22.5 Å². The Balaban J connectivity index is 1.57. The number of hydrogen-bond donors (Lipinski definition) is 2. The van der Waals surface area contributed by atoms with Crippen molar-refractivity contribution in [2.75, 3.05) is 18.4 Å². The minimum Gasteiger partial charge on any atom is -0.348 e. The summed E-state index contributed by atoms with van der Waals surface area (Å²) in [6.45, 7) is 2.47. The summed E-state index contributed by atoms with van der Waals surface area (Å²) >= 11 is 0. The number of carbonyl (C=O) groups is 2. The van der Waals surface area contributed by atoms with Gasteiger partial charge in [-0.25, -0.2) is 12.8 Å². The Labute approximate surface area is 181 Å². The summed E-state index contributed by atoms with van der Waals surface area (Å²) in [5.74, 6) is -2.28. The number of hydrogen-bond acceptors (Lipinski definition) is 4. The van der Waals surface area contributed by atoms with Crippen LogP contribution in [0.2, 0.25) is 0 Å². The number of rotatable bonds is 6. The standard InChI is InChI=1S/C22H26FN3O4S/c1-16-8-10-20(11-9-16)31(29,30)26-14-3-2-7-19(26)12-13-24-21(27)22(28)25-18-6-4-5-17(23)15-18/h4-6,8-11,15,19H,2-3,7,12-14H2,1H3,(H,24,27)(H,25,28). The van der Waals surface area contributed by atoms with Crippen LogP contribution >= 0.6 is 0 Å². The van der Waals surface area contributed by atoms with E-state index in [9.17, 15) is 22.4 Å². The number of nitrogens with one attached hydrogen (secondary N) is 2. The van der Waals surface area contributed by atoms with Gasteiger partial charge in [-0.1, -0.05) is 30.2 Å². The molecule has 1 aliphatic rings. The number of sulfonamides is 1. The molecule has 1 unspecified atom stereocenters. The third-order valence-electron chi connectivity index (χ3n) is 5.25. The van der Waals surface area contributed by atoms with E-state index < -0.39 is 27.7 Å². The molecule has 0 aliphatic carbocycles. The fourth-order valence-electron chi connectivity index (χ4n) is 3.61. The summed E-state index contributed by atoms with van der Waals surface area (Å²) in [5, 5.41) is 4.85. The van der Waals surface area contributed by atoms with Crippen molar-refractivity contribution >= 4 is 27.5 Å². The number of benzene rings is 2. The predicted octanol–water partition coefficient (Wildman–Crippen LogP) is 2.82. The Morgan fingerprint density at radius 3 is 2.55 bits per heavy atom. The first-order valence-corrected chi connectivity index (χ1v) is 11.6. The molecule has 2 aromatic carbocycles. The lowest BCUT2D eigenvalue weighted by Crippen LogP contribution is -2.45. The van der Waals surface area contributed by atoms with E-state index in [4.69, 9.17) is 0 Å². The Morgan fingerprint density at radius 2 is 1.84 bits per heavy atom. The summed E-state index contributed by atoms with van der Waals surface area (Å²) in [5.41, 5.74) is 1.16. The van der Waals surface area contributed by atoms with Gasteiger partial charge in [-0.3, -0.25) is 9.59 Å². The molecule has 1 fully saturated rings. The third kappa shape index (κ3) is 5.89. The van der Waals surface area contributed by atoms with E-state index in [2.05, 4.69) is 10.6 Å². The molecule has 2 N–H and O–H groups in total. The molecule has 1 aliphatic heterocycles. The molecule has 0 radical (unpaired) electrons. The second-order valence-electron chi connectivity index (χ2n) is 7.59. The van der Waals surface area contributed by atoms with Gasteiger partial charge in [-0.05, 0) is 56.5 Å². The van der Waals surface area contributed by atoms with Gasteiger partial charge in [-0.2, -0.15) is 4.31 Å². The van der Waals surface area contributed by atoms with Crippen molar-refractivity contribution in [2.24, 2.45) is 0 Å². The summed E-state index contributed by atoms with van der Waals surface area (Å²) in [7, 11) is -3.63. The maximum absolute atomic E-state index is 13.2. The normalized spacial score (nSPS) is 17.2. The molecule has 1 heterocycles. The first-order chi connectivity index (χ1) is 14.8. The van der Waals surface area contributed by atoms with Crippen molar-refractivity contribution in [1.29, 1.82) is 0 Å². The van der Waals surface area contributed by atoms with Crippen LogP contribution < -0.4 is 10.6 Å². The number of amides is 2. The molecule has 1 saturated heterocycles. The lowest BCUT2D eigenvalue weighted by molar-refractivity contribution is -0.136. The largest absolute Gasteiger partial charge is 0.348 e. The lowest BCUT2D eigenvalue weighted by atomic mass is 10.0. The Morgan fingerprint density at radius 1 is 1.10 bits per heavy atom. The van der Waals surface area contributed by atoms with Crippen LogP contribution in [0, 0.1) is 12.7 Å². The van der Waals surface area contributed by atoms with E-state index in [1.54, 1.807) is 24.3 Å². The van der Waals surface area contributed by atoms with E-state index in [-0.39, 0.29) is 23.2 Å². The molecule has 0 aromatic heterocycles. The monoisotopic (exact) mass is 447 g/mol. The number of nitrogens with zero attached hydrogens (tertiary/aromatic N) is 1. The average Bonchev–Trinajstić information content (AvgIpc) is 2.74. The zero-order chi connectivity index (χ0) is 22.4. The van der Waals surface area contributed by atoms with Crippen LogP contribution in [0.25, 0.3) is 0 Å². The summed E-state index contributed by atoms with van der Waals surface area (Å²) in [4.78, 5) is 24.3. The second kappa shape index (κ2) is 10.0. The van der Waals surface area contributed by atoms with Gasteiger partial charge in [-0.15, -0.1) is 0 Å². The Hall–Kier alpha value is -2.78. The highest BCUT2D eigenvalue weighted by Crippen LogP contribution is 2.27. The van der Waals surface area contributed by atoms with Gasteiger partial charge < -0.3 is 10.6 Å². The maximum atomic E-state index is 13.2. The highest BCUT2D eigenvalue weighted by molar-refractivity contribution is 7.89. The molecule has 9 heteroatoms. The molecule has 0 saturated carbocycles. The zero-order valence-electron chi connectivity index (χ0n) is 17.3. The van der Waals surface area contributed by atoms with Gasteiger partial charge in [0.2, 0.25) is 10.0 Å². The molecule has 0 spiro atoms. The van der Waals surface area contributed by atoms with E-state index in [0.717, 1.165) is 24.5 Å². The van der Waals surface area contributed by atoms with Crippen LogP contribution in [0.5, 0.6) is 0 Å². The maximum Gasteiger partial charge on any atom is 0.313 e. The fraction of sp³-hybridized carbons (Fsp3) is 0.364. The van der Waals surface area contributed by atoms with Crippen molar-refractivity contribution in [3.63, 3.8) is 0 Å². The molecular weight excluding hydrogens is 421 g/mol. The van der Waals surface area contributed by atoms with Crippen molar-refractivity contribution in [1.82, 2.24) is 9.62 Å². The lowest BCUT2D eigenvalue weighted by Gasteiger charge is -2.34. The Kier molecular flexibility index (Phi) is 7.40. The van der Waals surface area contributed by atoms with Gasteiger partial charge in [0.25, 0.3) is 0 Å². The SMILES string of the molecule is Cc1ccc(S(=O)(=O)N2CCCCC2CCNC(=O)C(=O)Nc2cccc(F)c2)cc1. The first-order valence-electron chi connectivity index (χ1n) is 10.2. The van der Waals surface area contributed by atoms with Crippen LogP contribution in [-0.4, -0.2) is 43.7 Å². The van der Waals surface area contributed by atoms with E-state index in [0.29, 0.717) is 19.4 Å². The van der Waals surface area contributed by atoms with Crippen LogP contribution in [0.3, 0.4) is 0 Å². The molecule has 2 amide bonds. The highest BCUT2D eigenvalue weighted by atomic mass is 32.2. The summed E-state index contributed by atoms with van der Waals surface area (Å²) in [6.07, 6.45) is 2.77. The smallest absolute Gasteiger partial charge is 0.313 e. The number of carbonyl (C=O) groups excluding carboxylic acids is 2. The molecule has 166 valence electrons. The minimum absolute atomic E-state index is 0.153. The fourth-order valence-corrected chi connectivity index (χ4v) is 5.33. The highest BCUT2D eigenvalue weighted by Gasteiger charge is 2.33. The quantitative estimate of drug-likeness (QED) is 0.666. The third-order valence-corrected chi connectivity index (χ3v) is 7.22. The van der Waals surface area contributed by atoms with Crippen molar-refractivity contribution in [3.8, 4) is 0 Å². The number of aryl methyl sites for hydroxylation is 1. The van der Waals surface area contributed by atoms with Gasteiger partial charge >= 0.3 is 11.8 Å². The Bertz CT molecular complexity index is 1040. The van der Waals surface area contributed by atoms with Crippen LogP contribution in [0.4, 0.5) is 10.1 Å². The van der Waals surface area contributed by atoms with Crippen molar-refractivity contribution < 1.29 is 22.4 Å². The number of piperidine rings is 1. The van der Waals surface area contributed by atoms with Gasteiger partial charge in [0, 0.05) is 24.8 Å². The zero-order valence-corrected chi connectivity index (χ0v) is 18.1. The first kappa shape index (κ1) is 22.9. The molecule has 3 rings (SSSR count). The van der Waals surface area contributed by atoms with Crippen molar-refractivity contribution in [2.45, 2.75) is 43.5 Å². The van der Waals surface area contributed by atoms with Crippen LogP contribution in [-0.2, 0) is 19.6 Å². The molecule has 0 bridgehead atoms. The molecular formula is C22H26FN3O4S. The van der Waals surface area contributed by atoms with Crippen LogP contribution in [0.1, 0.15) is 31.2 Å². The molecule has 1 atom stereocenters. The van der Waals surface area contributed by atoms with Gasteiger partial charge in [0.05, 0.1) is 4.90 Å². The van der Waals surface area contributed by atoms with Gasteiger partial charge in [0.15, 0.2) is 0 Å². The molecule has 31 heavy (non-hydrogen) atoms. The van der Waals surface area contributed by atoms with E-state index in [1.807, 2.05) is 6.92 Å². The molecule has 2 aromatic rings. The van der Waals surface area contributed by atoms with E-state index >= 15 is 0 Å². The average molecular weight is 448 g/mol. The number of halogens is 1. The number of anilines is 1. The summed E-state index contributed by atoms with van der Waals surface area (Å²) < 4.78 is 40.9. The molecule has 7 nitrogen and oxygen atoms in total. The second-order valence-corrected chi connectivity index (χ2v) is 9.48. The van der Waals surface area contributed by atoms with Gasteiger partial charge in [0.1, 0.15) is 5.82 Å². The van der Waals surface area contributed by atoms with Crippen LogP contribution in [0.15, 0.2) is 53.4 Å². The predicted molar refractivity (Wildman–Crippen MR) is 115 cm³/mol. The minimum atomic E-state index is -3.63. The topological polar surface area (TPSA) is 95.6 Å². The van der Waals surface area contributed by atoms with Crippen molar-refractivity contribution in [3.05, 3.63) is 59.9 Å².